The summed E-state index contributed by atoms with van der Waals surface area (Å²) in [4.78, 5) is 35.6. The van der Waals surface area contributed by atoms with Crippen LogP contribution in [-0.2, 0) is 16.0 Å². The molecule has 0 saturated carbocycles. The number of fused-ring (bicyclic) bond motifs is 1. The van der Waals surface area contributed by atoms with Crippen molar-refractivity contribution in [3.8, 4) is 0 Å². The second-order valence-corrected chi connectivity index (χ2v) is 5.96. The molecule has 0 aliphatic rings. The van der Waals surface area contributed by atoms with E-state index in [0.717, 1.165) is 12.0 Å². The molecule has 0 saturated heterocycles. The van der Waals surface area contributed by atoms with Crippen LogP contribution in [0.2, 0.25) is 0 Å². The Morgan fingerprint density at radius 1 is 1.04 bits per heavy atom. The number of ether oxygens (including phenoxy) is 2. The summed E-state index contributed by atoms with van der Waals surface area (Å²) < 4.78 is 16.5. The Morgan fingerprint density at radius 3 is 2.41 bits per heavy atom. The largest absolute Gasteiger partial charge is 0.465 e. The van der Waals surface area contributed by atoms with E-state index in [1.165, 1.54) is 17.7 Å². The molecular formula is C20H19NO6. The first kappa shape index (κ1) is 18.4. The van der Waals surface area contributed by atoms with Gasteiger partial charge in [-0.1, -0.05) is 19.1 Å². The maximum Gasteiger partial charge on any atom is 0.420 e. The van der Waals surface area contributed by atoms with Crippen LogP contribution in [0.15, 0.2) is 51.7 Å². The van der Waals surface area contributed by atoms with Gasteiger partial charge in [0.15, 0.2) is 5.58 Å². The number of methoxy groups -OCH3 is 1. The van der Waals surface area contributed by atoms with E-state index in [2.05, 4.69) is 4.74 Å². The number of oxazole rings is 1. The van der Waals surface area contributed by atoms with Gasteiger partial charge < -0.3 is 13.9 Å². The molecule has 0 unspecified atom stereocenters. The zero-order valence-electron chi connectivity index (χ0n) is 15.1. The van der Waals surface area contributed by atoms with Crippen LogP contribution in [0.5, 0.6) is 0 Å². The number of rotatable bonds is 6. The van der Waals surface area contributed by atoms with Crippen molar-refractivity contribution in [1.82, 2.24) is 4.57 Å². The van der Waals surface area contributed by atoms with Gasteiger partial charge in [0.2, 0.25) is 0 Å². The summed E-state index contributed by atoms with van der Waals surface area (Å²) in [5.41, 5.74) is 2.46. The van der Waals surface area contributed by atoms with Gasteiger partial charge >= 0.3 is 17.7 Å². The molecule has 3 aromatic rings. The maximum atomic E-state index is 12.2. The summed E-state index contributed by atoms with van der Waals surface area (Å²) in [6, 6.07) is 11.5. The first-order valence-corrected chi connectivity index (χ1v) is 8.51. The summed E-state index contributed by atoms with van der Waals surface area (Å²) in [6.45, 7) is 2.58. The molecule has 0 spiro atoms. The number of aromatic nitrogens is 1. The monoisotopic (exact) mass is 369 g/mol. The van der Waals surface area contributed by atoms with Gasteiger partial charge in [0.05, 0.1) is 36.9 Å². The van der Waals surface area contributed by atoms with Crippen LogP contribution in [-0.4, -0.2) is 30.2 Å². The van der Waals surface area contributed by atoms with E-state index >= 15 is 0 Å². The second kappa shape index (κ2) is 7.90. The smallest absolute Gasteiger partial charge is 0.420 e. The van der Waals surface area contributed by atoms with Crippen molar-refractivity contribution in [3.05, 3.63) is 69.7 Å². The summed E-state index contributed by atoms with van der Waals surface area (Å²) >= 11 is 0. The molecule has 0 bridgehead atoms. The molecular weight excluding hydrogens is 350 g/mol. The van der Waals surface area contributed by atoms with Crippen LogP contribution in [0.3, 0.4) is 0 Å². The molecule has 7 nitrogen and oxygen atoms in total. The van der Waals surface area contributed by atoms with E-state index in [1.54, 1.807) is 36.4 Å². The lowest BCUT2D eigenvalue weighted by atomic mass is 10.1. The molecule has 0 N–H and O–H groups in total. The molecule has 1 aromatic heterocycles. The Labute approximate surface area is 155 Å². The predicted octanol–water partition coefficient (Wildman–Crippen LogP) is 3.00. The first-order chi connectivity index (χ1) is 13.0. The van der Waals surface area contributed by atoms with Gasteiger partial charge in [0, 0.05) is 0 Å². The lowest BCUT2D eigenvalue weighted by molar-refractivity contribution is 0.0504. The molecule has 2 aromatic carbocycles. The standard InChI is InChI=1S/C20H19NO6/c1-3-10-26-19(23)14-6-4-13(5-7-14)12-21-16-9-8-15(18(22)25-2)11-17(16)27-20(21)24/h4-9,11H,3,10,12H2,1-2H3. The second-order valence-electron chi connectivity index (χ2n) is 5.96. The highest BCUT2D eigenvalue weighted by atomic mass is 16.5. The number of nitrogens with zero attached hydrogens (tertiary/aromatic N) is 1. The number of benzene rings is 2. The van der Waals surface area contributed by atoms with Crippen molar-refractivity contribution < 1.29 is 23.5 Å². The lowest BCUT2D eigenvalue weighted by Crippen LogP contribution is -2.15. The zero-order valence-corrected chi connectivity index (χ0v) is 15.1. The summed E-state index contributed by atoms with van der Waals surface area (Å²) in [7, 11) is 1.29. The zero-order chi connectivity index (χ0) is 19.4. The van der Waals surface area contributed by atoms with Gasteiger partial charge in [0.25, 0.3) is 0 Å². The van der Waals surface area contributed by atoms with Gasteiger partial charge in [-0.2, -0.15) is 0 Å². The molecule has 0 aliphatic carbocycles. The minimum Gasteiger partial charge on any atom is -0.465 e. The van der Waals surface area contributed by atoms with Crippen molar-refractivity contribution in [1.29, 1.82) is 0 Å². The maximum absolute atomic E-state index is 12.2. The SMILES string of the molecule is CCCOC(=O)c1ccc(Cn2c(=O)oc3cc(C(=O)OC)ccc32)cc1. The topological polar surface area (TPSA) is 87.7 Å². The van der Waals surface area contributed by atoms with Crippen molar-refractivity contribution in [2.75, 3.05) is 13.7 Å². The molecule has 0 fully saturated rings. The van der Waals surface area contributed by atoms with E-state index in [1.807, 2.05) is 6.92 Å². The third-order valence-electron chi connectivity index (χ3n) is 4.06. The third kappa shape index (κ3) is 3.92. The predicted molar refractivity (Wildman–Crippen MR) is 97.9 cm³/mol. The van der Waals surface area contributed by atoms with E-state index in [-0.39, 0.29) is 12.5 Å². The fourth-order valence-electron chi connectivity index (χ4n) is 2.67. The van der Waals surface area contributed by atoms with Gasteiger partial charge in [0.1, 0.15) is 0 Å². The normalized spacial score (nSPS) is 10.7. The van der Waals surface area contributed by atoms with E-state index < -0.39 is 11.7 Å². The molecule has 0 amide bonds. The van der Waals surface area contributed by atoms with Gasteiger partial charge in [-0.05, 0) is 42.3 Å². The fourth-order valence-corrected chi connectivity index (χ4v) is 2.67. The lowest BCUT2D eigenvalue weighted by Gasteiger charge is -2.06. The van der Waals surface area contributed by atoms with Gasteiger partial charge in [-0.15, -0.1) is 0 Å². The highest BCUT2D eigenvalue weighted by Gasteiger charge is 2.14. The first-order valence-electron chi connectivity index (χ1n) is 8.51. The van der Waals surface area contributed by atoms with Crippen LogP contribution in [0, 0.1) is 0 Å². The van der Waals surface area contributed by atoms with Gasteiger partial charge in [-0.3, -0.25) is 4.57 Å². The molecule has 0 aliphatic heterocycles. The Kier molecular flexibility index (Phi) is 5.40. The molecule has 3 rings (SSSR count). The van der Waals surface area contributed by atoms with Crippen LogP contribution in [0.1, 0.15) is 39.6 Å². The number of hydrogen-bond donors (Lipinski definition) is 0. The molecule has 1 heterocycles. The number of esters is 2. The Bertz CT molecular complexity index is 1030. The highest BCUT2D eigenvalue weighted by molar-refractivity contribution is 5.93. The van der Waals surface area contributed by atoms with Crippen molar-refractivity contribution in [2.24, 2.45) is 0 Å². The van der Waals surface area contributed by atoms with Crippen LogP contribution < -0.4 is 5.76 Å². The van der Waals surface area contributed by atoms with Crippen LogP contribution >= 0.6 is 0 Å². The summed E-state index contributed by atoms with van der Waals surface area (Å²) in [5.74, 6) is -1.40. The Hall–Kier alpha value is -3.35. The Morgan fingerprint density at radius 2 is 1.74 bits per heavy atom. The molecule has 140 valence electrons. The number of hydrogen-bond acceptors (Lipinski definition) is 6. The van der Waals surface area contributed by atoms with Crippen LogP contribution in [0.4, 0.5) is 0 Å². The van der Waals surface area contributed by atoms with E-state index in [4.69, 9.17) is 9.15 Å². The number of carbonyl (C=O) groups is 2. The quantitative estimate of drug-likeness (QED) is 0.621. The summed E-state index contributed by atoms with van der Waals surface area (Å²) in [5, 5.41) is 0. The fraction of sp³-hybridized carbons (Fsp3) is 0.250. The summed E-state index contributed by atoms with van der Waals surface area (Å²) in [6.07, 6.45) is 0.762. The van der Waals surface area contributed by atoms with Crippen molar-refractivity contribution >= 4 is 23.0 Å². The molecule has 27 heavy (non-hydrogen) atoms. The molecule has 0 atom stereocenters. The highest BCUT2D eigenvalue weighted by Crippen LogP contribution is 2.17. The Balaban J connectivity index is 1.84. The molecule has 0 radical (unpaired) electrons. The number of carbonyl (C=O) groups excluding carboxylic acids is 2. The van der Waals surface area contributed by atoms with Gasteiger partial charge in [-0.25, -0.2) is 14.4 Å². The average molecular weight is 369 g/mol. The molecule has 7 heteroatoms. The minimum atomic E-state index is -0.529. The van der Waals surface area contributed by atoms with Crippen molar-refractivity contribution in [3.63, 3.8) is 0 Å². The van der Waals surface area contributed by atoms with Crippen LogP contribution in [0.25, 0.3) is 11.1 Å². The minimum absolute atomic E-state index is 0.272. The van der Waals surface area contributed by atoms with Crippen molar-refractivity contribution in [2.45, 2.75) is 19.9 Å². The average Bonchev–Trinajstić information content (AvgIpc) is 3.00. The third-order valence-corrected chi connectivity index (χ3v) is 4.06. The van der Waals surface area contributed by atoms with E-state index in [0.29, 0.717) is 28.8 Å². The van der Waals surface area contributed by atoms with E-state index in [9.17, 15) is 14.4 Å².